The molecule has 2 heterocycles. The fourth-order valence-corrected chi connectivity index (χ4v) is 3.84. The van der Waals surface area contributed by atoms with E-state index in [1.54, 1.807) is 11.3 Å². The van der Waals surface area contributed by atoms with E-state index in [-0.39, 0.29) is 11.3 Å². The molecule has 1 N–H and O–H groups in total. The van der Waals surface area contributed by atoms with Crippen LogP contribution in [0, 0.1) is 0 Å². The van der Waals surface area contributed by atoms with Crippen LogP contribution >= 0.6 is 33.8 Å². The number of carboxylic acid groups (broad SMARTS) is 1. The zero-order chi connectivity index (χ0) is 13.3. The van der Waals surface area contributed by atoms with E-state index < -0.39 is 5.97 Å². The van der Waals surface area contributed by atoms with Crippen LogP contribution in [0.15, 0.2) is 0 Å². The molecule has 0 fully saturated rings. The van der Waals surface area contributed by atoms with E-state index in [1.807, 2.05) is 4.90 Å². The van der Waals surface area contributed by atoms with Crippen molar-refractivity contribution in [3.8, 4) is 0 Å². The van der Waals surface area contributed by atoms with Gasteiger partial charge in [-0.1, -0.05) is 10.8 Å². The van der Waals surface area contributed by atoms with Gasteiger partial charge >= 0.3 is 5.97 Å². The minimum Gasteiger partial charge on any atom is -0.480 e. The lowest BCUT2D eigenvalue weighted by Gasteiger charge is -2.23. The van der Waals surface area contributed by atoms with Gasteiger partial charge in [0.1, 0.15) is 5.01 Å². The van der Waals surface area contributed by atoms with Crippen molar-refractivity contribution in [2.24, 2.45) is 0 Å². The maximum absolute atomic E-state index is 10.7. The van der Waals surface area contributed by atoms with E-state index in [4.69, 9.17) is 5.11 Å². The van der Waals surface area contributed by atoms with Crippen molar-refractivity contribution >= 4 is 39.8 Å². The number of hydrogen-bond acceptors (Lipinski definition) is 6. The van der Waals surface area contributed by atoms with Crippen molar-refractivity contribution in [3.05, 3.63) is 15.6 Å². The van der Waals surface area contributed by atoms with Crippen LogP contribution in [0.25, 0.3) is 0 Å². The van der Waals surface area contributed by atoms with Crippen molar-refractivity contribution in [3.63, 3.8) is 0 Å². The maximum Gasteiger partial charge on any atom is 0.317 e. The summed E-state index contributed by atoms with van der Waals surface area (Å²) in [6.45, 7) is 5.79. The summed E-state index contributed by atoms with van der Waals surface area (Å²) in [4.78, 5) is 18.6. The lowest BCUT2D eigenvalue weighted by Crippen LogP contribution is -2.34. The molecule has 1 aliphatic heterocycles. The molecule has 0 unspecified atom stereocenters. The predicted octanol–water partition coefficient (Wildman–Crippen LogP) is 2.40. The number of fused-ring (bicyclic) bond motifs is 1. The molecule has 0 saturated heterocycles. The number of aromatic nitrogens is 1. The number of hydrogen-bond donors (Lipinski definition) is 2. The highest BCUT2D eigenvalue weighted by atomic mass is 33.1. The summed E-state index contributed by atoms with van der Waals surface area (Å²) < 4.78 is -0.0945. The highest BCUT2D eigenvalue weighted by molar-refractivity contribution is 8.69. The van der Waals surface area contributed by atoms with E-state index in [1.165, 1.54) is 15.7 Å². The van der Waals surface area contributed by atoms with Crippen LogP contribution in [0.1, 0.15) is 29.4 Å². The number of aliphatic carboxylic acids is 1. The molecule has 0 spiro atoms. The van der Waals surface area contributed by atoms with Crippen LogP contribution in [0.2, 0.25) is 0 Å². The van der Waals surface area contributed by atoms with Gasteiger partial charge in [0.25, 0.3) is 0 Å². The van der Waals surface area contributed by atoms with Crippen molar-refractivity contribution in [2.45, 2.75) is 31.6 Å². The van der Waals surface area contributed by atoms with E-state index >= 15 is 0 Å². The van der Waals surface area contributed by atoms with Crippen molar-refractivity contribution in [1.82, 2.24) is 9.88 Å². The Kier molecular flexibility index (Phi) is 4.25. The summed E-state index contributed by atoms with van der Waals surface area (Å²) in [5, 5.41) is 9.89. The minimum absolute atomic E-state index is 0.0945. The smallest absolute Gasteiger partial charge is 0.317 e. The average Bonchev–Trinajstić information content (AvgIpc) is 2.72. The fraction of sp³-hybridized carbons (Fsp3) is 0.636. The molecule has 0 atom stereocenters. The molecule has 0 saturated carbocycles. The molecule has 18 heavy (non-hydrogen) atoms. The summed E-state index contributed by atoms with van der Waals surface area (Å²) in [5.74, 6) is -0.769. The SMILES string of the molecule is CC(C)(SS)c1nc2c(s1)CN(CC(=O)O)CC2. The van der Waals surface area contributed by atoms with Crippen LogP contribution in [0.5, 0.6) is 0 Å². The molecular weight excluding hydrogens is 288 g/mol. The minimum atomic E-state index is -0.769. The lowest BCUT2D eigenvalue weighted by molar-refractivity contribution is -0.138. The Morgan fingerprint density at radius 2 is 2.39 bits per heavy atom. The van der Waals surface area contributed by atoms with Gasteiger partial charge < -0.3 is 5.11 Å². The van der Waals surface area contributed by atoms with Gasteiger partial charge in [0.2, 0.25) is 0 Å². The number of rotatable bonds is 4. The first-order valence-corrected chi connectivity index (χ1v) is 8.36. The topological polar surface area (TPSA) is 53.4 Å². The van der Waals surface area contributed by atoms with Gasteiger partial charge in [0.15, 0.2) is 0 Å². The average molecular weight is 304 g/mol. The second kappa shape index (κ2) is 5.40. The molecule has 1 aromatic heterocycles. The molecule has 2 rings (SSSR count). The number of nitrogens with zero attached hydrogens (tertiary/aromatic N) is 2. The Morgan fingerprint density at radius 3 is 3.00 bits per heavy atom. The Balaban J connectivity index is 2.16. The van der Waals surface area contributed by atoms with Crippen LogP contribution in [0.3, 0.4) is 0 Å². The van der Waals surface area contributed by atoms with E-state index in [0.717, 1.165) is 23.7 Å². The predicted molar refractivity (Wildman–Crippen MR) is 78.3 cm³/mol. The Labute approximate surface area is 120 Å². The molecule has 100 valence electrons. The summed E-state index contributed by atoms with van der Waals surface area (Å²) in [7, 11) is 1.49. The van der Waals surface area contributed by atoms with Gasteiger partial charge in [0.05, 0.1) is 17.0 Å². The van der Waals surface area contributed by atoms with Gasteiger partial charge in [-0.05, 0) is 13.8 Å². The third-order valence-corrected chi connectivity index (χ3v) is 6.47. The standard InChI is InChI=1S/C11H16N2O2S3/c1-11(2,18-16)10-12-7-3-4-13(6-9(14)15)5-8(7)17-10/h16H,3-6H2,1-2H3,(H,14,15). The number of thiazole rings is 1. The molecule has 4 nitrogen and oxygen atoms in total. The first-order chi connectivity index (χ1) is 8.42. The number of carbonyl (C=O) groups is 1. The second-order valence-electron chi connectivity index (χ2n) is 4.84. The summed E-state index contributed by atoms with van der Waals surface area (Å²) in [6, 6.07) is 0. The molecule has 7 heteroatoms. The van der Waals surface area contributed by atoms with Gasteiger partial charge in [0, 0.05) is 24.4 Å². The summed E-state index contributed by atoms with van der Waals surface area (Å²) >= 11 is 5.97. The molecule has 0 aliphatic carbocycles. The fourth-order valence-electron chi connectivity index (χ4n) is 1.87. The molecular formula is C11H16N2O2S3. The normalized spacial score (nSPS) is 16.6. The van der Waals surface area contributed by atoms with Gasteiger partial charge in [-0.2, -0.15) is 0 Å². The molecule has 1 aromatic rings. The monoisotopic (exact) mass is 304 g/mol. The van der Waals surface area contributed by atoms with Crippen LogP contribution in [0.4, 0.5) is 0 Å². The molecule has 1 aliphatic rings. The Morgan fingerprint density at radius 1 is 1.67 bits per heavy atom. The Hall–Kier alpha value is -0.240. The third-order valence-electron chi connectivity index (χ3n) is 2.91. The highest BCUT2D eigenvalue weighted by Gasteiger charge is 2.28. The van der Waals surface area contributed by atoms with E-state index in [0.29, 0.717) is 6.54 Å². The van der Waals surface area contributed by atoms with Gasteiger partial charge in [-0.3, -0.25) is 9.69 Å². The van der Waals surface area contributed by atoms with Crippen molar-refractivity contribution in [1.29, 1.82) is 0 Å². The molecule has 0 bridgehead atoms. The molecule has 0 aromatic carbocycles. The summed E-state index contributed by atoms with van der Waals surface area (Å²) in [5.41, 5.74) is 1.13. The van der Waals surface area contributed by atoms with Crippen molar-refractivity contribution in [2.75, 3.05) is 13.1 Å². The number of thiol groups is 1. The second-order valence-corrected chi connectivity index (χ2v) is 7.68. The first kappa shape index (κ1) is 14.2. The quantitative estimate of drug-likeness (QED) is 0.661. The molecule has 0 amide bonds. The van der Waals surface area contributed by atoms with Gasteiger partial charge in [-0.15, -0.1) is 23.0 Å². The zero-order valence-corrected chi connectivity index (χ0v) is 12.9. The van der Waals surface area contributed by atoms with Gasteiger partial charge in [-0.25, -0.2) is 4.98 Å². The van der Waals surface area contributed by atoms with Crippen molar-refractivity contribution < 1.29 is 9.90 Å². The zero-order valence-electron chi connectivity index (χ0n) is 10.3. The largest absolute Gasteiger partial charge is 0.480 e. The van der Waals surface area contributed by atoms with Crippen LogP contribution < -0.4 is 0 Å². The van der Waals surface area contributed by atoms with Crippen LogP contribution in [-0.2, 0) is 22.5 Å². The molecule has 0 radical (unpaired) electrons. The number of carboxylic acids is 1. The summed E-state index contributed by atoms with van der Waals surface area (Å²) in [6.07, 6.45) is 0.840. The highest BCUT2D eigenvalue weighted by Crippen LogP contribution is 2.41. The Bertz CT molecular complexity index is 459. The van der Waals surface area contributed by atoms with E-state index in [9.17, 15) is 4.79 Å². The lowest BCUT2D eigenvalue weighted by atomic mass is 10.1. The maximum atomic E-state index is 10.7. The van der Waals surface area contributed by atoms with E-state index in [2.05, 4.69) is 30.5 Å². The first-order valence-electron chi connectivity index (χ1n) is 5.68. The third kappa shape index (κ3) is 3.01. The van der Waals surface area contributed by atoms with Crippen LogP contribution in [-0.4, -0.2) is 34.0 Å².